The molecule has 1 aliphatic heterocycles. The summed E-state index contributed by atoms with van der Waals surface area (Å²) < 4.78 is 11.0. The lowest BCUT2D eigenvalue weighted by atomic mass is 10.1. The van der Waals surface area contributed by atoms with E-state index in [-0.39, 0.29) is 12.0 Å². The molecular formula is C18H29N3O4S. The normalized spacial score (nSPS) is 17.9. The number of aromatic nitrogens is 1. The lowest BCUT2D eigenvalue weighted by Crippen LogP contribution is -2.41. The summed E-state index contributed by atoms with van der Waals surface area (Å²) in [5, 5.41) is 2.43. The molecule has 0 N–H and O–H groups in total. The fourth-order valence-electron chi connectivity index (χ4n) is 2.63. The Morgan fingerprint density at radius 1 is 1.23 bits per heavy atom. The first-order valence-electron chi connectivity index (χ1n) is 8.82. The molecule has 0 radical (unpaired) electrons. The van der Waals surface area contributed by atoms with Crippen LogP contribution in [0.4, 0.5) is 14.7 Å². The molecule has 2 amide bonds. The van der Waals surface area contributed by atoms with E-state index >= 15 is 0 Å². The highest BCUT2D eigenvalue weighted by Crippen LogP contribution is 2.26. The van der Waals surface area contributed by atoms with E-state index in [2.05, 4.69) is 4.98 Å². The molecule has 2 rings (SSSR count). The molecule has 0 bridgehead atoms. The Hall–Kier alpha value is -1.83. The van der Waals surface area contributed by atoms with Gasteiger partial charge in [0.2, 0.25) is 0 Å². The van der Waals surface area contributed by atoms with Gasteiger partial charge in [0.15, 0.2) is 5.13 Å². The minimum Gasteiger partial charge on any atom is -0.444 e. The third kappa shape index (κ3) is 6.16. The van der Waals surface area contributed by atoms with Gasteiger partial charge in [-0.2, -0.15) is 0 Å². The van der Waals surface area contributed by atoms with E-state index in [1.165, 1.54) is 11.3 Å². The van der Waals surface area contributed by atoms with Crippen LogP contribution in [0.25, 0.3) is 0 Å². The predicted molar refractivity (Wildman–Crippen MR) is 102 cm³/mol. The van der Waals surface area contributed by atoms with Crippen molar-refractivity contribution in [1.82, 2.24) is 9.88 Å². The summed E-state index contributed by atoms with van der Waals surface area (Å²) >= 11 is 1.39. The summed E-state index contributed by atoms with van der Waals surface area (Å²) in [6.07, 6.45) is 1.75. The van der Waals surface area contributed by atoms with Gasteiger partial charge in [-0.3, -0.25) is 4.90 Å². The topological polar surface area (TPSA) is 72.0 Å². The van der Waals surface area contributed by atoms with Gasteiger partial charge in [-0.15, -0.1) is 11.3 Å². The van der Waals surface area contributed by atoms with Crippen molar-refractivity contribution in [2.24, 2.45) is 5.92 Å². The number of anilines is 1. The Balaban J connectivity index is 2.01. The van der Waals surface area contributed by atoms with E-state index in [0.717, 1.165) is 6.42 Å². The van der Waals surface area contributed by atoms with Crippen LogP contribution in [0, 0.1) is 5.92 Å². The molecule has 1 fully saturated rings. The van der Waals surface area contributed by atoms with Gasteiger partial charge < -0.3 is 14.4 Å². The van der Waals surface area contributed by atoms with Crippen molar-refractivity contribution in [1.29, 1.82) is 0 Å². The van der Waals surface area contributed by atoms with Crippen molar-refractivity contribution in [2.45, 2.75) is 59.2 Å². The number of carbonyl (C=O) groups excluding carboxylic acids is 2. The minimum absolute atomic E-state index is 0.152. The molecule has 0 saturated carbocycles. The molecular weight excluding hydrogens is 354 g/mol. The molecule has 0 spiro atoms. The Morgan fingerprint density at radius 2 is 1.88 bits per heavy atom. The summed E-state index contributed by atoms with van der Waals surface area (Å²) in [5.74, 6) is 0.152. The van der Waals surface area contributed by atoms with Gasteiger partial charge in [-0.25, -0.2) is 14.6 Å². The average molecular weight is 384 g/mol. The molecule has 1 aromatic rings. The van der Waals surface area contributed by atoms with E-state index in [1.807, 2.05) is 46.9 Å². The molecule has 1 unspecified atom stereocenters. The molecule has 2 heterocycles. The van der Waals surface area contributed by atoms with Gasteiger partial charge in [-0.05, 0) is 53.9 Å². The summed E-state index contributed by atoms with van der Waals surface area (Å²) in [6, 6.07) is 0. The van der Waals surface area contributed by atoms with Crippen LogP contribution in [-0.2, 0) is 9.47 Å². The number of thiazole rings is 1. The molecule has 146 valence electrons. The van der Waals surface area contributed by atoms with Crippen LogP contribution >= 0.6 is 11.3 Å². The second kappa shape index (κ2) is 7.82. The van der Waals surface area contributed by atoms with Gasteiger partial charge in [0, 0.05) is 31.2 Å². The Bertz CT molecular complexity index is 619. The van der Waals surface area contributed by atoms with E-state index in [4.69, 9.17) is 9.47 Å². The largest absolute Gasteiger partial charge is 0.444 e. The molecule has 7 nitrogen and oxygen atoms in total. The summed E-state index contributed by atoms with van der Waals surface area (Å²) in [4.78, 5) is 32.4. The standard InChI is InChI=1S/C18H29N3O4S/c1-17(2,3)24-15(22)20-9-7-13(11-20)12-21(14-19-8-10-26-14)16(23)25-18(4,5)6/h8,10,13H,7,9,11-12H2,1-6H3. The highest BCUT2D eigenvalue weighted by atomic mass is 32.1. The molecule has 1 atom stereocenters. The maximum Gasteiger partial charge on any atom is 0.416 e. The zero-order valence-electron chi connectivity index (χ0n) is 16.4. The Morgan fingerprint density at radius 3 is 2.42 bits per heavy atom. The Kier molecular flexibility index (Phi) is 6.16. The molecule has 0 aliphatic carbocycles. The molecule has 1 aromatic heterocycles. The van der Waals surface area contributed by atoms with Crippen LogP contribution in [0.2, 0.25) is 0 Å². The zero-order chi connectivity index (χ0) is 19.5. The molecule has 1 saturated heterocycles. The maximum absolute atomic E-state index is 12.6. The number of hydrogen-bond acceptors (Lipinski definition) is 6. The van der Waals surface area contributed by atoms with Crippen molar-refractivity contribution in [2.75, 3.05) is 24.5 Å². The van der Waals surface area contributed by atoms with Gasteiger partial charge in [0.25, 0.3) is 0 Å². The van der Waals surface area contributed by atoms with Crippen LogP contribution in [0.5, 0.6) is 0 Å². The first-order chi connectivity index (χ1) is 11.9. The van der Waals surface area contributed by atoms with Gasteiger partial charge >= 0.3 is 12.2 Å². The average Bonchev–Trinajstić information content (AvgIpc) is 3.12. The van der Waals surface area contributed by atoms with E-state index in [1.54, 1.807) is 16.0 Å². The molecule has 8 heteroatoms. The van der Waals surface area contributed by atoms with Crippen molar-refractivity contribution >= 4 is 28.7 Å². The van der Waals surface area contributed by atoms with Crippen LogP contribution < -0.4 is 4.90 Å². The van der Waals surface area contributed by atoms with Crippen molar-refractivity contribution in [3.05, 3.63) is 11.6 Å². The third-order valence-electron chi connectivity index (χ3n) is 3.64. The van der Waals surface area contributed by atoms with Gasteiger partial charge in [-0.1, -0.05) is 0 Å². The smallest absolute Gasteiger partial charge is 0.416 e. The fraction of sp³-hybridized carbons (Fsp3) is 0.722. The molecule has 0 aromatic carbocycles. The van der Waals surface area contributed by atoms with E-state index in [0.29, 0.717) is 24.8 Å². The van der Waals surface area contributed by atoms with Gasteiger partial charge in [0.05, 0.1) is 0 Å². The van der Waals surface area contributed by atoms with Crippen molar-refractivity contribution < 1.29 is 19.1 Å². The molecule has 26 heavy (non-hydrogen) atoms. The quantitative estimate of drug-likeness (QED) is 0.784. The number of likely N-dealkylation sites (tertiary alicyclic amines) is 1. The van der Waals surface area contributed by atoms with Crippen LogP contribution in [-0.4, -0.2) is 52.9 Å². The number of hydrogen-bond donors (Lipinski definition) is 0. The summed E-state index contributed by atoms with van der Waals surface area (Å²) in [6.45, 7) is 12.7. The van der Waals surface area contributed by atoms with Crippen LogP contribution in [0.1, 0.15) is 48.0 Å². The highest BCUT2D eigenvalue weighted by molar-refractivity contribution is 7.13. The monoisotopic (exact) mass is 383 g/mol. The zero-order valence-corrected chi connectivity index (χ0v) is 17.3. The van der Waals surface area contributed by atoms with Crippen molar-refractivity contribution in [3.8, 4) is 0 Å². The number of ether oxygens (including phenoxy) is 2. The van der Waals surface area contributed by atoms with Crippen molar-refractivity contribution in [3.63, 3.8) is 0 Å². The maximum atomic E-state index is 12.6. The van der Waals surface area contributed by atoms with E-state index in [9.17, 15) is 9.59 Å². The highest BCUT2D eigenvalue weighted by Gasteiger charge is 2.33. The lowest BCUT2D eigenvalue weighted by molar-refractivity contribution is 0.0289. The second-order valence-corrected chi connectivity index (χ2v) is 9.36. The number of rotatable bonds is 3. The third-order valence-corrected chi connectivity index (χ3v) is 4.44. The SMILES string of the molecule is CC(C)(C)OC(=O)N1CCC(CN(C(=O)OC(C)(C)C)c2nccs2)C1. The number of nitrogens with zero attached hydrogens (tertiary/aromatic N) is 3. The first-order valence-corrected chi connectivity index (χ1v) is 9.70. The van der Waals surface area contributed by atoms with Crippen LogP contribution in [0.15, 0.2) is 11.6 Å². The lowest BCUT2D eigenvalue weighted by Gasteiger charge is -2.28. The van der Waals surface area contributed by atoms with E-state index < -0.39 is 17.3 Å². The fourth-order valence-corrected chi connectivity index (χ4v) is 3.27. The van der Waals surface area contributed by atoms with Gasteiger partial charge in [0.1, 0.15) is 11.2 Å². The number of amides is 2. The Labute approximate surface area is 159 Å². The molecule has 1 aliphatic rings. The van der Waals surface area contributed by atoms with Crippen LogP contribution in [0.3, 0.4) is 0 Å². The predicted octanol–water partition coefficient (Wildman–Crippen LogP) is 4.14. The summed E-state index contributed by atoms with van der Waals surface area (Å²) in [7, 11) is 0. The number of carbonyl (C=O) groups is 2. The second-order valence-electron chi connectivity index (χ2n) is 8.49. The summed E-state index contributed by atoms with van der Waals surface area (Å²) in [5.41, 5.74) is -1.09. The minimum atomic E-state index is -0.579. The first kappa shape index (κ1) is 20.5.